The Morgan fingerprint density at radius 1 is 1.05 bits per heavy atom. The number of fused-ring (bicyclic) bond motifs is 1. The summed E-state index contributed by atoms with van der Waals surface area (Å²) >= 11 is 6.08. The van der Waals surface area contributed by atoms with Crippen molar-refractivity contribution in [3.63, 3.8) is 0 Å². The molecule has 1 aliphatic heterocycles. The third kappa shape index (κ3) is 2.05. The average Bonchev–Trinajstić information content (AvgIpc) is 2.31. The van der Waals surface area contributed by atoms with Crippen molar-refractivity contribution in [2.24, 2.45) is 5.73 Å². The van der Waals surface area contributed by atoms with Gasteiger partial charge in [0.25, 0.3) is 0 Å². The number of benzene rings is 1. The zero-order valence-electron chi connectivity index (χ0n) is 10.8. The van der Waals surface area contributed by atoms with Crippen LogP contribution in [0.5, 0.6) is 11.5 Å². The van der Waals surface area contributed by atoms with Crippen LogP contribution < -0.4 is 15.2 Å². The van der Waals surface area contributed by atoms with E-state index < -0.39 is 29.1 Å². The van der Waals surface area contributed by atoms with Crippen molar-refractivity contribution in [2.75, 3.05) is 6.54 Å². The van der Waals surface area contributed by atoms with Gasteiger partial charge in [0, 0.05) is 23.0 Å². The Bertz CT molecular complexity index is 584. The van der Waals surface area contributed by atoms with Gasteiger partial charge in [0.05, 0.1) is 0 Å². The first kappa shape index (κ1) is 14.7. The van der Waals surface area contributed by atoms with Crippen molar-refractivity contribution >= 4 is 11.6 Å². The summed E-state index contributed by atoms with van der Waals surface area (Å²) in [5.74, 6) is -0.962. The van der Waals surface area contributed by atoms with Gasteiger partial charge in [-0.05, 0) is 24.5 Å². The van der Waals surface area contributed by atoms with Gasteiger partial charge in [-0.15, -0.1) is 0 Å². The number of hydrogen-bond donors (Lipinski definition) is 1. The summed E-state index contributed by atoms with van der Waals surface area (Å²) in [7, 11) is 0. The molecule has 3 nitrogen and oxygen atoms in total. The van der Waals surface area contributed by atoms with E-state index in [4.69, 9.17) is 17.3 Å². The molecule has 0 aromatic heterocycles. The lowest BCUT2D eigenvalue weighted by Gasteiger charge is -2.42. The van der Waals surface area contributed by atoms with Gasteiger partial charge in [-0.1, -0.05) is 18.0 Å². The van der Waals surface area contributed by atoms with E-state index in [1.807, 2.05) is 0 Å². The molecule has 3 rings (SSSR count). The van der Waals surface area contributed by atoms with Crippen molar-refractivity contribution < 1.29 is 27.0 Å². The Morgan fingerprint density at radius 3 is 2.00 bits per heavy atom. The Labute approximate surface area is 123 Å². The Morgan fingerprint density at radius 2 is 1.57 bits per heavy atom. The minimum absolute atomic E-state index is 0.156. The van der Waals surface area contributed by atoms with E-state index in [-0.39, 0.29) is 5.02 Å². The quantitative estimate of drug-likeness (QED) is 0.844. The fraction of sp³-hybridized carbons (Fsp3) is 0.538. The van der Waals surface area contributed by atoms with Crippen LogP contribution in [0.25, 0.3) is 0 Å². The summed E-state index contributed by atoms with van der Waals surface area (Å²) in [6.07, 6.45) is -7.02. The molecule has 0 radical (unpaired) electrons. The van der Waals surface area contributed by atoms with Crippen molar-refractivity contribution in [3.8, 4) is 11.5 Å². The molecule has 21 heavy (non-hydrogen) atoms. The largest absolute Gasteiger partial charge is 0.507 e. The van der Waals surface area contributed by atoms with E-state index >= 15 is 0 Å². The molecule has 0 bridgehead atoms. The van der Waals surface area contributed by atoms with Crippen LogP contribution in [-0.4, -0.2) is 18.8 Å². The predicted molar refractivity (Wildman–Crippen MR) is 67.2 cm³/mol. The monoisotopic (exact) mass is 325 g/mol. The lowest BCUT2D eigenvalue weighted by atomic mass is 9.64. The van der Waals surface area contributed by atoms with Crippen LogP contribution in [0.1, 0.15) is 24.8 Å². The molecule has 2 N–H and O–H groups in total. The fourth-order valence-corrected chi connectivity index (χ4v) is 3.04. The molecular formula is C13H12ClF4NO2. The van der Waals surface area contributed by atoms with Crippen LogP contribution in [0.3, 0.4) is 0 Å². The van der Waals surface area contributed by atoms with E-state index in [0.717, 1.165) is 25.3 Å². The minimum Gasteiger partial charge on any atom is -0.421 e. The summed E-state index contributed by atoms with van der Waals surface area (Å²) in [6.45, 7) is 0.291. The maximum absolute atomic E-state index is 13.2. The van der Waals surface area contributed by atoms with Crippen molar-refractivity contribution in [1.29, 1.82) is 0 Å². The van der Waals surface area contributed by atoms with E-state index in [9.17, 15) is 17.6 Å². The molecule has 2 aliphatic rings. The van der Waals surface area contributed by atoms with Crippen LogP contribution >= 0.6 is 11.6 Å². The molecule has 1 aliphatic carbocycles. The molecule has 8 heteroatoms. The van der Waals surface area contributed by atoms with E-state index in [1.165, 1.54) is 6.07 Å². The summed E-state index contributed by atoms with van der Waals surface area (Å²) in [6, 6.07) is 2.30. The number of alkyl halides is 4. The van der Waals surface area contributed by atoms with Crippen LogP contribution in [0, 0.1) is 0 Å². The lowest BCUT2D eigenvalue weighted by Crippen LogP contribution is -2.52. The molecule has 1 aromatic carbocycles. The Hall–Kier alpha value is -1.21. The molecule has 0 unspecified atom stereocenters. The molecule has 0 spiro atoms. The number of rotatable bonds is 2. The molecule has 116 valence electrons. The number of nitrogens with two attached hydrogens (primary N) is 1. The molecule has 0 atom stereocenters. The van der Waals surface area contributed by atoms with Gasteiger partial charge in [-0.25, -0.2) is 0 Å². The van der Waals surface area contributed by atoms with Crippen LogP contribution in [0.15, 0.2) is 12.1 Å². The first-order chi connectivity index (χ1) is 9.71. The standard InChI is InChI=1S/C13H12ClF4NO2/c14-8-5-10-9(20-12(15,16)13(17,18)21-10)4-7(8)11(6-19)2-1-3-11/h4-5H,1-3,6,19H2. The van der Waals surface area contributed by atoms with Gasteiger partial charge < -0.3 is 15.2 Å². The normalized spacial score (nSPS) is 24.3. The van der Waals surface area contributed by atoms with Crippen molar-refractivity contribution in [2.45, 2.75) is 36.9 Å². The van der Waals surface area contributed by atoms with E-state index in [0.29, 0.717) is 12.1 Å². The van der Waals surface area contributed by atoms with Gasteiger partial charge in [0.15, 0.2) is 11.5 Å². The zero-order chi connectivity index (χ0) is 15.5. The maximum Gasteiger partial charge on any atom is 0.507 e. The van der Waals surface area contributed by atoms with Crippen molar-refractivity contribution in [1.82, 2.24) is 0 Å². The first-order valence-corrected chi connectivity index (χ1v) is 6.76. The SMILES string of the molecule is NCC1(c2cc3c(cc2Cl)OC(F)(F)C(F)(F)O3)CCC1. The van der Waals surface area contributed by atoms with E-state index in [1.54, 1.807) is 0 Å². The fourth-order valence-electron chi connectivity index (χ4n) is 2.68. The molecule has 0 amide bonds. The second-order valence-corrected chi connectivity index (χ2v) is 5.76. The average molecular weight is 326 g/mol. The smallest absolute Gasteiger partial charge is 0.421 e. The summed E-state index contributed by atoms with van der Waals surface area (Å²) in [4.78, 5) is 0. The van der Waals surface area contributed by atoms with Crippen LogP contribution in [0.4, 0.5) is 17.6 Å². The molecular weight excluding hydrogens is 314 g/mol. The van der Waals surface area contributed by atoms with Crippen LogP contribution in [0.2, 0.25) is 5.02 Å². The second-order valence-electron chi connectivity index (χ2n) is 5.35. The third-order valence-corrected chi connectivity index (χ3v) is 4.43. The Kier molecular flexibility index (Phi) is 3.08. The first-order valence-electron chi connectivity index (χ1n) is 6.39. The third-order valence-electron chi connectivity index (χ3n) is 4.12. The molecule has 1 heterocycles. The highest BCUT2D eigenvalue weighted by atomic mass is 35.5. The van der Waals surface area contributed by atoms with Gasteiger partial charge >= 0.3 is 12.2 Å². The lowest BCUT2D eigenvalue weighted by molar-refractivity contribution is -0.391. The molecule has 1 aromatic rings. The van der Waals surface area contributed by atoms with Gasteiger partial charge in [-0.2, -0.15) is 17.6 Å². The predicted octanol–water partition coefficient (Wildman–Crippen LogP) is 3.68. The molecule has 1 saturated carbocycles. The maximum atomic E-state index is 13.2. The Balaban J connectivity index is 2.06. The van der Waals surface area contributed by atoms with Crippen molar-refractivity contribution in [3.05, 3.63) is 22.7 Å². The number of halogens is 5. The topological polar surface area (TPSA) is 44.5 Å². The highest BCUT2D eigenvalue weighted by Crippen LogP contribution is 2.52. The number of hydrogen-bond acceptors (Lipinski definition) is 3. The summed E-state index contributed by atoms with van der Waals surface area (Å²) in [5, 5.41) is 0.156. The van der Waals surface area contributed by atoms with Crippen LogP contribution in [-0.2, 0) is 5.41 Å². The van der Waals surface area contributed by atoms with Gasteiger partial charge in [0.2, 0.25) is 0 Å². The highest BCUT2D eigenvalue weighted by molar-refractivity contribution is 6.31. The summed E-state index contributed by atoms with van der Waals surface area (Å²) in [5.41, 5.74) is 5.86. The zero-order valence-corrected chi connectivity index (χ0v) is 11.5. The summed E-state index contributed by atoms with van der Waals surface area (Å²) < 4.78 is 60.8. The molecule has 0 saturated heterocycles. The highest BCUT2D eigenvalue weighted by Gasteiger charge is 2.66. The minimum atomic E-state index is -4.74. The van der Waals surface area contributed by atoms with Gasteiger partial charge in [-0.3, -0.25) is 0 Å². The second kappa shape index (κ2) is 4.39. The van der Waals surface area contributed by atoms with Gasteiger partial charge in [0.1, 0.15) is 0 Å². The van der Waals surface area contributed by atoms with E-state index in [2.05, 4.69) is 9.47 Å². The molecule has 1 fully saturated rings. The number of ether oxygens (including phenoxy) is 2.